The highest BCUT2D eigenvalue weighted by Crippen LogP contribution is 2.41. The van der Waals surface area contributed by atoms with Gasteiger partial charge in [-0.25, -0.2) is 63.6 Å². The second kappa shape index (κ2) is 30.6. The Morgan fingerprint density at radius 3 is 1.21 bits per heavy atom. The van der Waals surface area contributed by atoms with E-state index in [1.165, 1.54) is 96.3 Å². The highest BCUT2D eigenvalue weighted by Gasteiger charge is 2.37. The van der Waals surface area contributed by atoms with Crippen molar-refractivity contribution >= 4 is 11.0 Å². The van der Waals surface area contributed by atoms with E-state index >= 15 is 0 Å². The van der Waals surface area contributed by atoms with Gasteiger partial charge in [-0.05, 0) is 152 Å². The van der Waals surface area contributed by atoms with Crippen LogP contribution in [0.15, 0.2) is 183 Å². The zero-order valence-corrected chi connectivity index (χ0v) is 68.6. The van der Waals surface area contributed by atoms with Crippen LogP contribution < -0.4 is 36.5 Å². The fourth-order valence-corrected chi connectivity index (χ4v) is 15.2. The number of nitrogens with zero attached hydrogens (tertiary/aromatic N) is 12. The number of aryl methyl sites for hydroxylation is 14. The van der Waals surface area contributed by atoms with E-state index in [1.807, 2.05) is 138 Å². The molecule has 0 aliphatic rings. The molecule has 562 valence electrons. The molecule has 0 saturated carbocycles. The Morgan fingerprint density at radius 1 is 0.324 bits per heavy atom. The van der Waals surface area contributed by atoms with Gasteiger partial charge in [0.05, 0.1) is 95.3 Å². The summed E-state index contributed by atoms with van der Waals surface area (Å²) in [5, 5.41) is 0. The summed E-state index contributed by atoms with van der Waals surface area (Å²) >= 11 is 0. The molecule has 13 aromatic rings. The van der Waals surface area contributed by atoms with Crippen LogP contribution in [0, 0.1) is 53.2 Å². The van der Waals surface area contributed by atoms with Crippen LogP contribution in [0.5, 0.6) is 0 Å². The number of alkyl halides is 3. The lowest BCUT2D eigenvalue weighted by Gasteiger charge is -2.19. The van der Waals surface area contributed by atoms with Crippen LogP contribution in [0.1, 0.15) is 118 Å². The highest BCUT2D eigenvalue weighted by atomic mass is 19.4. The number of pyridine rings is 4. The Labute approximate surface area is 636 Å². The SMILES string of the molecule is Cc1c(-c2ccc(C(C)(C)C)c[n+]2C)c(F)cc(F)c1-c1n(C)cc[n+]1C.Cc1c(-c2ccc(C(C)(C)C)c[n+]2C)cc(C(F)(F)F)cc1-c1n(C)cc[n+]1C.Cc1c(-c2cccc[n+]2C)cccc1-c1n(C)c2ccccc2[n+]1C.Cc1cc(C)c(-c2n(C)cc[n+]2C)c(C)c1-c1ccc(C(C)(C)C)c[n+]1C. The zero-order valence-electron chi connectivity index (χ0n) is 68.6. The summed E-state index contributed by atoms with van der Waals surface area (Å²) < 4.78 is 95.5. The first-order valence-corrected chi connectivity index (χ1v) is 36.8. The van der Waals surface area contributed by atoms with Crippen molar-refractivity contribution in [2.24, 2.45) is 84.6 Å². The number of para-hydroxylation sites is 2. The van der Waals surface area contributed by atoms with Crippen LogP contribution in [0.25, 0.3) is 102 Å². The molecule has 0 aliphatic carbocycles. The van der Waals surface area contributed by atoms with Crippen molar-refractivity contribution in [1.29, 1.82) is 0 Å². The molecular weight excluding hydrogens is 1360 g/mol. The summed E-state index contributed by atoms with van der Waals surface area (Å²) in [6.07, 6.45) is 15.6. The number of hydrogen-bond acceptors (Lipinski definition) is 0. The molecule has 0 amide bonds. The largest absolute Gasteiger partial charge is 0.416 e. The third-order valence-electron chi connectivity index (χ3n) is 21.4. The predicted octanol–water partition coefficient (Wildman–Crippen LogP) is 16.2. The molecule has 108 heavy (non-hydrogen) atoms. The number of halogens is 5. The third kappa shape index (κ3) is 15.9. The molecular formula is C91H111F5N12+8. The van der Waals surface area contributed by atoms with E-state index < -0.39 is 23.4 Å². The summed E-state index contributed by atoms with van der Waals surface area (Å²) in [7, 11) is 24.0. The summed E-state index contributed by atoms with van der Waals surface area (Å²) in [5.41, 5.74) is 23.4. The Bertz CT molecular complexity index is 5310. The lowest BCUT2D eigenvalue weighted by atomic mass is 9.87. The lowest BCUT2D eigenvalue weighted by molar-refractivity contribution is -0.661. The number of imidazole rings is 4. The van der Waals surface area contributed by atoms with Crippen LogP contribution in [-0.2, 0) is 107 Å². The van der Waals surface area contributed by atoms with Gasteiger partial charge in [0.1, 0.15) is 82.6 Å². The summed E-state index contributed by atoms with van der Waals surface area (Å²) in [6.45, 7) is 32.1. The maximum absolute atomic E-state index is 14.9. The second-order valence-corrected chi connectivity index (χ2v) is 32.4. The lowest BCUT2D eigenvalue weighted by Crippen LogP contribution is -2.34. The number of rotatable bonds is 8. The van der Waals surface area contributed by atoms with Crippen molar-refractivity contribution in [3.63, 3.8) is 0 Å². The van der Waals surface area contributed by atoms with Gasteiger partial charge in [-0.15, -0.1) is 0 Å². The molecule has 8 aromatic heterocycles. The van der Waals surface area contributed by atoms with Gasteiger partial charge in [0.15, 0.2) is 35.8 Å². The molecule has 13 rings (SSSR count). The van der Waals surface area contributed by atoms with E-state index in [1.54, 1.807) is 6.92 Å². The molecule has 0 saturated heterocycles. The van der Waals surface area contributed by atoms with Crippen LogP contribution in [-0.4, -0.2) is 18.3 Å². The first-order valence-electron chi connectivity index (χ1n) is 36.8. The van der Waals surface area contributed by atoms with Crippen molar-refractivity contribution in [2.45, 2.75) is 126 Å². The minimum absolute atomic E-state index is 0.00533. The molecule has 0 N–H and O–H groups in total. The third-order valence-corrected chi connectivity index (χ3v) is 21.4. The summed E-state index contributed by atoms with van der Waals surface area (Å²) in [5.74, 6) is 2.77. The van der Waals surface area contributed by atoms with Gasteiger partial charge in [0.25, 0.3) is 23.3 Å². The number of benzene rings is 5. The first-order chi connectivity index (χ1) is 50.4. The van der Waals surface area contributed by atoms with Crippen molar-refractivity contribution in [2.75, 3.05) is 0 Å². The van der Waals surface area contributed by atoms with E-state index in [9.17, 15) is 22.0 Å². The molecule has 0 spiro atoms. The van der Waals surface area contributed by atoms with E-state index in [0.29, 0.717) is 33.6 Å². The summed E-state index contributed by atoms with van der Waals surface area (Å²) in [4.78, 5) is 0. The topological polar surface area (TPSA) is 50.8 Å². The van der Waals surface area contributed by atoms with Gasteiger partial charge in [-0.3, -0.25) is 0 Å². The van der Waals surface area contributed by atoms with Gasteiger partial charge in [-0.2, -0.15) is 13.2 Å². The Kier molecular flexibility index (Phi) is 22.7. The normalized spacial score (nSPS) is 11.9. The Hall–Kier alpha value is -10.6. The van der Waals surface area contributed by atoms with Gasteiger partial charge in [-0.1, -0.05) is 86.6 Å². The van der Waals surface area contributed by atoms with Crippen LogP contribution in [0.2, 0.25) is 0 Å². The molecule has 0 bridgehead atoms. The first kappa shape index (κ1) is 80.0. The molecule has 0 unspecified atom stereocenters. The standard InChI is InChI=1S/C24H33N3.C23H28F3N3.C22H27F2N3.C22H23N3/c1-16-14-17(2)22(23-25(7)12-13-26(23)8)18(3)21(16)20-11-10-19(15-27(20)9)24(4,5)6;1-15-18(20-9-8-16(14-29(20)7)22(2,3)4)12-17(23(24,25)26)13-19(15)21-27(5)10-11-28(21)6;1-14-19(18-9-8-15(13-27(18)7)22(2,3)4)16(23)12-17(24)20(14)21-25(5)10-11-26(21)6;1-16-17(19-12-7-8-15-23(19)2)10-9-11-18(16)22-24(3)20-13-5-6-14-21(20)25(22)4/h10-15H,1-9H3;8-14H,1-7H3;8-13H,1-7H3;5-15H,1-4H3/q4*+2. The Morgan fingerprint density at radius 2 is 0.741 bits per heavy atom. The number of hydrogen-bond donors (Lipinski definition) is 0. The van der Waals surface area contributed by atoms with Crippen molar-refractivity contribution in [1.82, 2.24) is 18.3 Å². The van der Waals surface area contributed by atoms with Gasteiger partial charge >= 0.3 is 6.18 Å². The fourth-order valence-electron chi connectivity index (χ4n) is 15.2. The predicted molar refractivity (Wildman–Crippen MR) is 421 cm³/mol. The van der Waals surface area contributed by atoms with Crippen molar-refractivity contribution in [3.05, 3.63) is 251 Å². The van der Waals surface area contributed by atoms with Gasteiger partial charge in [0, 0.05) is 58.7 Å². The molecule has 5 aromatic carbocycles. The highest BCUT2D eigenvalue weighted by molar-refractivity contribution is 5.81. The van der Waals surface area contributed by atoms with E-state index in [4.69, 9.17) is 0 Å². The molecule has 0 fully saturated rings. The van der Waals surface area contributed by atoms with Crippen molar-refractivity contribution in [3.8, 4) is 90.6 Å². The molecule has 8 heterocycles. The van der Waals surface area contributed by atoms with Gasteiger partial charge < -0.3 is 0 Å². The fraction of sp³-hybridized carbons (Fsp3) is 0.341. The van der Waals surface area contributed by atoms with Crippen LogP contribution in [0.4, 0.5) is 22.0 Å². The smallest absolute Gasteiger partial charge is 0.233 e. The average molecular weight is 1470 g/mol. The monoisotopic (exact) mass is 1470 g/mol. The summed E-state index contributed by atoms with van der Waals surface area (Å²) in [6, 6.07) is 39.7. The molecule has 12 nitrogen and oxygen atoms in total. The molecule has 0 radical (unpaired) electrons. The second-order valence-electron chi connectivity index (χ2n) is 32.4. The van der Waals surface area contributed by atoms with Crippen LogP contribution in [0.3, 0.4) is 0 Å². The molecule has 0 atom stereocenters. The quantitative estimate of drug-likeness (QED) is 0.108. The maximum atomic E-state index is 14.9. The minimum Gasteiger partial charge on any atom is -0.233 e. The Balaban J connectivity index is 0.000000154. The van der Waals surface area contributed by atoms with E-state index in [0.717, 1.165) is 40.0 Å². The molecule has 17 heteroatoms. The van der Waals surface area contributed by atoms with Crippen molar-refractivity contribution < 1.29 is 58.5 Å². The number of aromatic nitrogens is 12. The average Bonchev–Trinajstić information content (AvgIpc) is 1.53. The zero-order chi connectivity index (χ0) is 79.5. The van der Waals surface area contributed by atoms with E-state index in [-0.39, 0.29) is 16.2 Å². The maximum Gasteiger partial charge on any atom is 0.416 e. The van der Waals surface area contributed by atoms with E-state index in [2.05, 4.69) is 263 Å². The minimum atomic E-state index is -4.43. The molecule has 0 aliphatic heterocycles. The van der Waals surface area contributed by atoms with Crippen LogP contribution >= 0.6 is 0 Å². The number of fused-ring (bicyclic) bond motifs is 1. The van der Waals surface area contributed by atoms with Gasteiger partial charge in [0.2, 0.25) is 22.8 Å².